The van der Waals surface area contributed by atoms with Gasteiger partial charge in [-0.25, -0.2) is 0 Å². The molecular formula is C11H19N. The maximum atomic E-state index is 3.46. The molecule has 0 atom stereocenters. The molecule has 1 heterocycles. The second kappa shape index (κ2) is 3.34. The summed E-state index contributed by atoms with van der Waals surface area (Å²) in [4.78, 5) is 0. The summed E-state index contributed by atoms with van der Waals surface area (Å²) in [6, 6.07) is 0. The van der Waals surface area contributed by atoms with E-state index in [9.17, 15) is 0 Å². The van der Waals surface area contributed by atoms with E-state index in [0.717, 1.165) is 0 Å². The Morgan fingerprint density at radius 2 is 1.58 bits per heavy atom. The predicted octanol–water partition coefficient (Wildman–Crippen LogP) is 2.71. The van der Waals surface area contributed by atoms with Crippen LogP contribution >= 0.6 is 0 Å². The standard InChI is InChI=1S/C11H19N/c1-9(2)11(10(3)4)7-5-6-8-12-11/h5-10,12H,1-4H3. The normalized spacial score (nSPS) is 20.2. The molecule has 1 rings (SSSR count). The first-order chi connectivity index (χ1) is 5.59. The number of nitrogens with one attached hydrogen (secondary N) is 1. The molecule has 0 unspecified atom stereocenters. The van der Waals surface area contributed by atoms with Crippen LogP contribution in [-0.4, -0.2) is 5.54 Å². The third-order valence-corrected chi connectivity index (χ3v) is 2.82. The highest BCUT2D eigenvalue weighted by atomic mass is 15.0. The van der Waals surface area contributed by atoms with Crippen LogP contribution < -0.4 is 5.32 Å². The first kappa shape index (κ1) is 9.37. The minimum atomic E-state index is 0.161. The minimum Gasteiger partial charge on any atom is -0.381 e. The van der Waals surface area contributed by atoms with E-state index in [1.165, 1.54) is 0 Å². The van der Waals surface area contributed by atoms with Crippen molar-refractivity contribution >= 4 is 0 Å². The van der Waals surface area contributed by atoms with E-state index >= 15 is 0 Å². The van der Waals surface area contributed by atoms with Gasteiger partial charge in [0.15, 0.2) is 0 Å². The summed E-state index contributed by atoms with van der Waals surface area (Å²) in [5.41, 5.74) is 0.161. The topological polar surface area (TPSA) is 12.0 Å². The van der Waals surface area contributed by atoms with Gasteiger partial charge in [-0.1, -0.05) is 39.8 Å². The Balaban J connectivity index is 2.88. The lowest BCUT2D eigenvalue weighted by Gasteiger charge is -2.40. The lowest BCUT2D eigenvalue weighted by molar-refractivity contribution is 0.246. The lowest BCUT2D eigenvalue weighted by atomic mass is 9.76. The molecule has 0 saturated heterocycles. The summed E-state index contributed by atoms with van der Waals surface area (Å²) in [5, 5.41) is 3.46. The SMILES string of the molecule is CC(C)C1(C(C)C)C=CC=CN1. The van der Waals surface area contributed by atoms with Crippen molar-refractivity contribution in [2.45, 2.75) is 33.2 Å². The monoisotopic (exact) mass is 165 g/mol. The average molecular weight is 165 g/mol. The fourth-order valence-electron chi connectivity index (χ4n) is 1.90. The summed E-state index contributed by atoms with van der Waals surface area (Å²) in [6.45, 7) is 9.04. The molecule has 0 aromatic carbocycles. The highest BCUT2D eigenvalue weighted by molar-refractivity contribution is 5.21. The van der Waals surface area contributed by atoms with E-state index < -0.39 is 0 Å². The van der Waals surface area contributed by atoms with Crippen LogP contribution in [0.1, 0.15) is 27.7 Å². The zero-order valence-electron chi connectivity index (χ0n) is 8.46. The van der Waals surface area contributed by atoms with Crippen LogP contribution in [-0.2, 0) is 0 Å². The van der Waals surface area contributed by atoms with Crippen LogP contribution in [0.3, 0.4) is 0 Å². The first-order valence-electron chi connectivity index (χ1n) is 4.71. The second-order valence-corrected chi connectivity index (χ2v) is 4.10. The van der Waals surface area contributed by atoms with Crippen molar-refractivity contribution < 1.29 is 0 Å². The van der Waals surface area contributed by atoms with Gasteiger partial charge in [-0.05, 0) is 24.1 Å². The Kier molecular flexibility index (Phi) is 2.61. The molecule has 0 fully saturated rings. The Labute approximate surface area is 75.6 Å². The van der Waals surface area contributed by atoms with Crippen molar-refractivity contribution in [3.8, 4) is 0 Å². The van der Waals surface area contributed by atoms with Gasteiger partial charge in [0.1, 0.15) is 0 Å². The van der Waals surface area contributed by atoms with Crippen LogP contribution in [0, 0.1) is 11.8 Å². The lowest BCUT2D eigenvalue weighted by Crippen LogP contribution is -2.50. The van der Waals surface area contributed by atoms with Gasteiger partial charge >= 0.3 is 0 Å². The molecule has 1 N–H and O–H groups in total. The van der Waals surface area contributed by atoms with Crippen LogP contribution in [0.25, 0.3) is 0 Å². The third-order valence-electron chi connectivity index (χ3n) is 2.82. The number of allylic oxidation sites excluding steroid dienone is 2. The van der Waals surface area contributed by atoms with Crippen LogP contribution in [0.5, 0.6) is 0 Å². The maximum absolute atomic E-state index is 3.46. The van der Waals surface area contributed by atoms with Crippen LogP contribution in [0.4, 0.5) is 0 Å². The highest BCUT2D eigenvalue weighted by Crippen LogP contribution is 2.29. The van der Waals surface area contributed by atoms with E-state index in [-0.39, 0.29) is 5.54 Å². The number of rotatable bonds is 2. The fraction of sp³-hybridized carbons (Fsp3) is 0.636. The smallest absolute Gasteiger partial charge is 0.0599 e. The molecule has 1 aliphatic rings. The van der Waals surface area contributed by atoms with Crippen molar-refractivity contribution in [3.05, 3.63) is 24.4 Å². The molecule has 0 aromatic rings. The molecule has 0 aromatic heterocycles. The van der Waals surface area contributed by atoms with Crippen molar-refractivity contribution in [2.24, 2.45) is 11.8 Å². The van der Waals surface area contributed by atoms with Gasteiger partial charge in [-0.2, -0.15) is 0 Å². The summed E-state index contributed by atoms with van der Waals surface area (Å²) < 4.78 is 0. The number of hydrogen-bond acceptors (Lipinski definition) is 1. The zero-order valence-corrected chi connectivity index (χ0v) is 8.46. The molecule has 0 aliphatic carbocycles. The van der Waals surface area contributed by atoms with E-state index in [4.69, 9.17) is 0 Å². The molecule has 1 aliphatic heterocycles. The van der Waals surface area contributed by atoms with Crippen molar-refractivity contribution in [1.29, 1.82) is 0 Å². The number of hydrogen-bond donors (Lipinski definition) is 1. The van der Waals surface area contributed by atoms with E-state index in [2.05, 4.69) is 45.2 Å². The highest BCUT2D eigenvalue weighted by Gasteiger charge is 2.33. The van der Waals surface area contributed by atoms with Gasteiger partial charge in [-0.15, -0.1) is 0 Å². The largest absolute Gasteiger partial charge is 0.381 e. The third kappa shape index (κ3) is 1.40. The van der Waals surface area contributed by atoms with Gasteiger partial charge in [0, 0.05) is 0 Å². The molecule has 0 bridgehead atoms. The Morgan fingerprint density at radius 3 is 1.83 bits per heavy atom. The Bertz CT molecular complexity index is 191. The first-order valence-corrected chi connectivity index (χ1v) is 4.71. The molecule has 0 radical (unpaired) electrons. The van der Waals surface area contributed by atoms with Crippen LogP contribution in [0.2, 0.25) is 0 Å². The molecule has 1 heteroatoms. The quantitative estimate of drug-likeness (QED) is 0.663. The molecule has 1 nitrogen and oxygen atoms in total. The second-order valence-electron chi connectivity index (χ2n) is 4.10. The molecule has 12 heavy (non-hydrogen) atoms. The summed E-state index contributed by atoms with van der Waals surface area (Å²) in [7, 11) is 0. The van der Waals surface area contributed by atoms with Crippen molar-refractivity contribution in [3.63, 3.8) is 0 Å². The molecule has 0 amide bonds. The Hall–Kier alpha value is -0.720. The summed E-state index contributed by atoms with van der Waals surface area (Å²) >= 11 is 0. The fourth-order valence-corrected chi connectivity index (χ4v) is 1.90. The maximum Gasteiger partial charge on any atom is 0.0599 e. The van der Waals surface area contributed by atoms with E-state index in [0.29, 0.717) is 11.8 Å². The number of dihydropyridines is 1. The van der Waals surface area contributed by atoms with Gasteiger partial charge in [-0.3, -0.25) is 0 Å². The minimum absolute atomic E-state index is 0.161. The van der Waals surface area contributed by atoms with Gasteiger partial charge in [0.05, 0.1) is 5.54 Å². The average Bonchev–Trinajstić information content (AvgIpc) is 2.05. The Morgan fingerprint density at radius 1 is 1.00 bits per heavy atom. The summed E-state index contributed by atoms with van der Waals surface area (Å²) in [5.74, 6) is 1.25. The van der Waals surface area contributed by atoms with Gasteiger partial charge in [0.25, 0.3) is 0 Å². The zero-order chi connectivity index (χ0) is 9.19. The summed E-state index contributed by atoms with van der Waals surface area (Å²) in [6.07, 6.45) is 8.50. The predicted molar refractivity (Wildman–Crippen MR) is 53.8 cm³/mol. The molecule has 0 spiro atoms. The van der Waals surface area contributed by atoms with Gasteiger partial charge in [0.2, 0.25) is 0 Å². The van der Waals surface area contributed by atoms with Gasteiger partial charge < -0.3 is 5.32 Å². The van der Waals surface area contributed by atoms with Crippen molar-refractivity contribution in [2.75, 3.05) is 0 Å². The van der Waals surface area contributed by atoms with Crippen molar-refractivity contribution in [1.82, 2.24) is 5.32 Å². The molecule has 0 saturated carbocycles. The van der Waals surface area contributed by atoms with E-state index in [1.54, 1.807) is 0 Å². The molecule has 68 valence electrons. The molecular weight excluding hydrogens is 146 g/mol. The van der Waals surface area contributed by atoms with Crippen LogP contribution in [0.15, 0.2) is 24.4 Å². The van der Waals surface area contributed by atoms with E-state index in [1.807, 2.05) is 12.3 Å².